The highest BCUT2D eigenvalue weighted by molar-refractivity contribution is 6.21. The average molecular weight is 372 g/mol. The van der Waals surface area contributed by atoms with Crippen molar-refractivity contribution in [2.24, 2.45) is 0 Å². The van der Waals surface area contributed by atoms with E-state index in [0.717, 1.165) is 38.9 Å². The van der Waals surface area contributed by atoms with Gasteiger partial charge in [-0.1, -0.05) is 48.6 Å². The largest absolute Gasteiger partial charge is 0.303 e. The first-order valence-corrected chi connectivity index (χ1v) is 10.1. The Morgan fingerprint density at radius 1 is 0.821 bits per heavy atom. The molecule has 2 aromatic rings. The molecule has 1 saturated heterocycles. The Bertz CT molecular complexity index is 935. The number of imide groups is 1. The lowest BCUT2D eigenvalue weighted by atomic mass is 9.74. The average Bonchev–Trinajstić information content (AvgIpc) is 3.21. The predicted octanol–water partition coefficient (Wildman–Crippen LogP) is 3.73. The van der Waals surface area contributed by atoms with Gasteiger partial charge in [0.2, 0.25) is 0 Å². The van der Waals surface area contributed by atoms with E-state index >= 15 is 0 Å². The topological polar surface area (TPSA) is 40.6 Å². The Morgan fingerprint density at radius 3 is 2.18 bits per heavy atom. The molecule has 4 heteroatoms. The van der Waals surface area contributed by atoms with Crippen molar-refractivity contribution in [1.82, 2.24) is 9.80 Å². The molecule has 28 heavy (non-hydrogen) atoms. The van der Waals surface area contributed by atoms with Crippen molar-refractivity contribution in [3.05, 3.63) is 76.9 Å². The van der Waals surface area contributed by atoms with E-state index in [1.807, 2.05) is 12.1 Å². The maximum atomic E-state index is 12.5. The fraction of sp³-hybridized carbons (Fsp3) is 0.333. The van der Waals surface area contributed by atoms with Crippen molar-refractivity contribution in [3.63, 3.8) is 0 Å². The Balaban J connectivity index is 1.16. The van der Waals surface area contributed by atoms with Crippen LogP contribution in [-0.4, -0.2) is 47.8 Å². The van der Waals surface area contributed by atoms with E-state index in [2.05, 4.69) is 41.3 Å². The molecule has 2 heterocycles. The zero-order valence-corrected chi connectivity index (χ0v) is 15.9. The number of amides is 2. The van der Waals surface area contributed by atoms with E-state index < -0.39 is 0 Å². The Morgan fingerprint density at radius 2 is 1.46 bits per heavy atom. The van der Waals surface area contributed by atoms with Gasteiger partial charge >= 0.3 is 0 Å². The zero-order valence-electron chi connectivity index (χ0n) is 15.9. The lowest BCUT2D eigenvalue weighted by Crippen LogP contribution is -2.42. The van der Waals surface area contributed by atoms with Crippen LogP contribution in [-0.2, 0) is 5.41 Å². The zero-order chi connectivity index (χ0) is 19.1. The SMILES string of the molecule is O=C1c2ccccc2C(=O)N1CCCN1CCC2(C=Cc3ccccc32)CC1. The molecule has 5 rings (SSSR count). The molecule has 1 spiro atoms. The molecule has 4 nitrogen and oxygen atoms in total. The van der Waals surface area contributed by atoms with Crippen molar-refractivity contribution in [2.75, 3.05) is 26.2 Å². The van der Waals surface area contributed by atoms with Crippen molar-refractivity contribution in [2.45, 2.75) is 24.7 Å². The first kappa shape index (κ1) is 17.4. The molecule has 1 fully saturated rings. The first-order valence-electron chi connectivity index (χ1n) is 10.1. The van der Waals surface area contributed by atoms with E-state index in [1.54, 1.807) is 12.1 Å². The number of carbonyl (C=O) groups excluding carboxylic acids is 2. The molecule has 3 aliphatic rings. The number of carbonyl (C=O) groups is 2. The summed E-state index contributed by atoms with van der Waals surface area (Å²) in [5, 5.41) is 0. The third-order valence-corrected chi connectivity index (χ3v) is 6.56. The van der Waals surface area contributed by atoms with Gasteiger partial charge in [-0.3, -0.25) is 14.5 Å². The fourth-order valence-corrected chi connectivity index (χ4v) is 4.94. The standard InChI is InChI=1S/C24H24N2O2/c27-22-19-7-2-3-8-20(19)23(28)26(22)15-5-14-25-16-12-24(13-17-25)11-10-18-6-1-4-9-21(18)24/h1-4,6-11H,5,12-17H2. The minimum atomic E-state index is -0.147. The number of piperidine rings is 1. The highest BCUT2D eigenvalue weighted by Crippen LogP contribution is 2.43. The highest BCUT2D eigenvalue weighted by atomic mass is 16.2. The van der Waals surface area contributed by atoms with Crippen LogP contribution in [0.4, 0.5) is 0 Å². The molecular formula is C24H24N2O2. The molecule has 0 saturated carbocycles. The highest BCUT2D eigenvalue weighted by Gasteiger charge is 2.38. The van der Waals surface area contributed by atoms with Gasteiger partial charge in [0.25, 0.3) is 11.8 Å². The molecule has 2 aliphatic heterocycles. The summed E-state index contributed by atoms with van der Waals surface area (Å²) in [6.07, 6.45) is 7.76. The van der Waals surface area contributed by atoms with E-state index in [0.29, 0.717) is 17.7 Å². The lowest BCUT2D eigenvalue weighted by Gasteiger charge is -2.39. The van der Waals surface area contributed by atoms with Gasteiger partial charge in [-0.15, -0.1) is 0 Å². The number of allylic oxidation sites excluding steroid dienone is 1. The molecule has 0 radical (unpaired) electrons. The molecule has 1 aliphatic carbocycles. The van der Waals surface area contributed by atoms with Crippen LogP contribution >= 0.6 is 0 Å². The molecule has 0 aromatic heterocycles. The quantitative estimate of drug-likeness (QED) is 0.768. The normalized spacial score (nSPS) is 20.1. The molecule has 0 bridgehead atoms. The van der Waals surface area contributed by atoms with Crippen LogP contribution in [0.15, 0.2) is 54.6 Å². The summed E-state index contributed by atoms with van der Waals surface area (Å²) < 4.78 is 0. The summed E-state index contributed by atoms with van der Waals surface area (Å²) in [5.74, 6) is -0.295. The van der Waals surface area contributed by atoms with Crippen molar-refractivity contribution >= 4 is 17.9 Å². The van der Waals surface area contributed by atoms with Gasteiger partial charge in [-0.25, -0.2) is 0 Å². The minimum absolute atomic E-state index is 0.147. The fourth-order valence-electron chi connectivity index (χ4n) is 4.94. The number of fused-ring (bicyclic) bond motifs is 3. The maximum Gasteiger partial charge on any atom is 0.261 e. The monoisotopic (exact) mass is 372 g/mol. The van der Waals surface area contributed by atoms with Gasteiger partial charge in [0.1, 0.15) is 0 Å². The summed E-state index contributed by atoms with van der Waals surface area (Å²) >= 11 is 0. The Hall–Kier alpha value is -2.72. The molecule has 2 aromatic carbocycles. The predicted molar refractivity (Wildman–Crippen MR) is 109 cm³/mol. The van der Waals surface area contributed by atoms with Crippen LogP contribution in [0, 0.1) is 0 Å². The van der Waals surface area contributed by atoms with Crippen molar-refractivity contribution < 1.29 is 9.59 Å². The minimum Gasteiger partial charge on any atom is -0.303 e. The summed E-state index contributed by atoms with van der Waals surface area (Å²) in [5.41, 5.74) is 4.12. The summed E-state index contributed by atoms with van der Waals surface area (Å²) in [6, 6.07) is 15.8. The summed E-state index contributed by atoms with van der Waals surface area (Å²) in [7, 11) is 0. The number of benzene rings is 2. The van der Waals surface area contributed by atoms with Gasteiger partial charge in [-0.05, 0) is 62.2 Å². The Labute approximate surface area is 165 Å². The second-order valence-corrected chi connectivity index (χ2v) is 8.08. The van der Waals surface area contributed by atoms with Crippen LogP contribution in [0.5, 0.6) is 0 Å². The number of likely N-dealkylation sites (tertiary alicyclic amines) is 1. The van der Waals surface area contributed by atoms with E-state index in [9.17, 15) is 9.59 Å². The van der Waals surface area contributed by atoms with Crippen LogP contribution in [0.3, 0.4) is 0 Å². The second kappa shape index (κ2) is 6.71. The van der Waals surface area contributed by atoms with Crippen LogP contribution in [0.2, 0.25) is 0 Å². The lowest BCUT2D eigenvalue weighted by molar-refractivity contribution is 0.0644. The number of hydrogen-bond donors (Lipinski definition) is 0. The third kappa shape index (κ3) is 2.71. The molecule has 142 valence electrons. The maximum absolute atomic E-state index is 12.5. The Kier molecular flexibility index (Phi) is 4.17. The summed E-state index contributed by atoms with van der Waals surface area (Å²) in [4.78, 5) is 28.8. The van der Waals surface area contributed by atoms with Crippen molar-refractivity contribution in [1.29, 1.82) is 0 Å². The van der Waals surface area contributed by atoms with Gasteiger partial charge < -0.3 is 4.90 Å². The van der Waals surface area contributed by atoms with E-state index in [-0.39, 0.29) is 17.2 Å². The van der Waals surface area contributed by atoms with E-state index in [1.165, 1.54) is 16.0 Å². The van der Waals surface area contributed by atoms with Gasteiger partial charge in [-0.2, -0.15) is 0 Å². The first-order chi connectivity index (χ1) is 13.7. The van der Waals surface area contributed by atoms with Crippen LogP contribution < -0.4 is 0 Å². The van der Waals surface area contributed by atoms with E-state index in [4.69, 9.17) is 0 Å². The van der Waals surface area contributed by atoms with Crippen LogP contribution in [0.1, 0.15) is 51.1 Å². The van der Waals surface area contributed by atoms with Crippen molar-refractivity contribution in [3.8, 4) is 0 Å². The molecule has 2 amide bonds. The second-order valence-electron chi connectivity index (χ2n) is 8.08. The van der Waals surface area contributed by atoms with Gasteiger partial charge in [0, 0.05) is 12.0 Å². The number of rotatable bonds is 4. The molecule has 0 N–H and O–H groups in total. The summed E-state index contributed by atoms with van der Waals surface area (Å²) in [6.45, 7) is 3.53. The molecule has 0 atom stereocenters. The van der Waals surface area contributed by atoms with Gasteiger partial charge in [0.05, 0.1) is 11.1 Å². The number of nitrogens with zero attached hydrogens (tertiary/aromatic N) is 2. The third-order valence-electron chi connectivity index (χ3n) is 6.56. The number of hydrogen-bond acceptors (Lipinski definition) is 3. The smallest absolute Gasteiger partial charge is 0.261 e. The van der Waals surface area contributed by atoms with Crippen LogP contribution in [0.25, 0.3) is 6.08 Å². The van der Waals surface area contributed by atoms with Gasteiger partial charge in [0.15, 0.2) is 0 Å². The molecular weight excluding hydrogens is 348 g/mol. The molecule has 0 unspecified atom stereocenters.